The monoisotopic (exact) mass is 260 g/mol. The molecule has 0 radical (unpaired) electrons. The molecule has 1 aromatic rings. The van der Waals surface area contributed by atoms with Gasteiger partial charge in [0.15, 0.2) is 0 Å². The van der Waals surface area contributed by atoms with Crippen LogP contribution in [0.4, 0.5) is 0 Å². The number of aliphatic hydroxyl groups is 1. The number of fused-ring (bicyclic) bond motifs is 1. The van der Waals surface area contributed by atoms with E-state index in [-0.39, 0.29) is 6.10 Å². The molecule has 2 rings (SSSR count). The van der Waals surface area contributed by atoms with E-state index < -0.39 is 0 Å². The average Bonchev–Trinajstić information content (AvgIpc) is 2.27. The van der Waals surface area contributed by atoms with Crippen molar-refractivity contribution in [1.82, 2.24) is 0 Å². The summed E-state index contributed by atoms with van der Waals surface area (Å²) in [7, 11) is 0. The molecule has 1 aromatic carbocycles. The third-order valence-electron chi connectivity index (χ3n) is 4.44. The van der Waals surface area contributed by atoms with Crippen molar-refractivity contribution in [3.05, 3.63) is 34.9 Å². The number of aryl methyl sites for hydroxylation is 1. The Morgan fingerprint density at radius 3 is 2.58 bits per heavy atom. The van der Waals surface area contributed by atoms with Gasteiger partial charge >= 0.3 is 0 Å². The second kappa shape index (κ2) is 5.28. The normalized spacial score (nSPS) is 24.9. The zero-order valence-electron chi connectivity index (χ0n) is 13.0. The molecule has 1 aliphatic rings. The van der Waals surface area contributed by atoms with Crippen molar-refractivity contribution in [2.45, 2.75) is 65.9 Å². The van der Waals surface area contributed by atoms with Crippen molar-refractivity contribution in [3.63, 3.8) is 0 Å². The molecule has 1 aliphatic carbocycles. The van der Waals surface area contributed by atoms with Crippen LogP contribution in [-0.2, 0) is 12.8 Å². The molecule has 3 atom stereocenters. The first-order valence-electron chi connectivity index (χ1n) is 7.58. The first-order valence-corrected chi connectivity index (χ1v) is 7.58. The maximum atomic E-state index is 9.93. The molecule has 19 heavy (non-hydrogen) atoms. The molecule has 0 fully saturated rings. The van der Waals surface area contributed by atoms with Crippen LogP contribution in [0.1, 0.15) is 63.6 Å². The average molecular weight is 260 g/mol. The quantitative estimate of drug-likeness (QED) is 0.839. The van der Waals surface area contributed by atoms with Crippen molar-refractivity contribution in [2.24, 2.45) is 11.3 Å². The highest BCUT2D eigenvalue weighted by atomic mass is 16.3. The van der Waals surface area contributed by atoms with Gasteiger partial charge in [0, 0.05) is 0 Å². The van der Waals surface area contributed by atoms with Crippen LogP contribution in [0.25, 0.3) is 0 Å². The molecule has 0 aromatic heterocycles. The fraction of sp³-hybridized carbons (Fsp3) is 0.667. The first kappa shape index (κ1) is 14.6. The molecule has 0 saturated heterocycles. The summed E-state index contributed by atoms with van der Waals surface area (Å²) in [5.74, 6) is 0.890. The van der Waals surface area contributed by atoms with E-state index in [1.807, 2.05) is 6.92 Å². The molecule has 0 saturated carbocycles. The van der Waals surface area contributed by atoms with E-state index in [1.54, 1.807) is 0 Å². The number of hydrogen-bond acceptors (Lipinski definition) is 1. The van der Waals surface area contributed by atoms with Gasteiger partial charge in [-0.05, 0) is 60.1 Å². The summed E-state index contributed by atoms with van der Waals surface area (Å²) in [6.07, 6.45) is 3.15. The van der Waals surface area contributed by atoms with Crippen molar-refractivity contribution in [2.75, 3.05) is 0 Å². The Morgan fingerprint density at radius 2 is 2.00 bits per heavy atom. The Bertz CT molecular complexity index is 439. The Labute approximate surface area is 118 Å². The lowest BCUT2D eigenvalue weighted by Crippen LogP contribution is -2.27. The Morgan fingerprint density at radius 1 is 1.32 bits per heavy atom. The van der Waals surface area contributed by atoms with E-state index in [2.05, 4.69) is 45.9 Å². The standard InChI is InChI=1S/C18H28O/c1-12-16(13(2)19)9-8-15-7-6-14(10-17(12)15)11-18(3,4)5/h6-7,10,12-13,16,19H,8-9,11H2,1-5H3. The van der Waals surface area contributed by atoms with Gasteiger partial charge in [-0.25, -0.2) is 0 Å². The van der Waals surface area contributed by atoms with Crippen LogP contribution in [0.5, 0.6) is 0 Å². The van der Waals surface area contributed by atoms with Gasteiger partial charge < -0.3 is 5.11 Å². The van der Waals surface area contributed by atoms with Gasteiger partial charge in [0.2, 0.25) is 0 Å². The highest BCUT2D eigenvalue weighted by Gasteiger charge is 2.29. The molecular formula is C18H28O. The summed E-state index contributed by atoms with van der Waals surface area (Å²) in [6, 6.07) is 6.99. The number of hydrogen-bond donors (Lipinski definition) is 1. The lowest BCUT2D eigenvalue weighted by molar-refractivity contribution is 0.102. The van der Waals surface area contributed by atoms with Crippen molar-refractivity contribution < 1.29 is 5.11 Å². The molecule has 0 bridgehead atoms. The second-order valence-corrected chi connectivity index (χ2v) is 7.50. The minimum atomic E-state index is -0.200. The molecule has 1 heteroatoms. The summed E-state index contributed by atoms with van der Waals surface area (Å²) in [4.78, 5) is 0. The van der Waals surface area contributed by atoms with Gasteiger partial charge in [0.1, 0.15) is 0 Å². The topological polar surface area (TPSA) is 20.2 Å². The number of aliphatic hydroxyl groups excluding tert-OH is 1. The fourth-order valence-electron chi connectivity index (χ4n) is 3.48. The lowest BCUT2D eigenvalue weighted by Gasteiger charge is -2.34. The van der Waals surface area contributed by atoms with Gasteiger partial charge in [0.05, 0.1) is 6.10 Å². The molecule has 1 nitrogen and oxygen atoms in total. The van der Waals surface area contributed by atoms with Crippen LogP contribution in [0.2, 0.25) is 0 Å². The summed E-state index contributed by atoms with van der Waals surface area (Å²) >= 11 is 0. The van der Waals surface area contributed by atoms with Crippen LogP contribution in [0.15, 0.2) is 18.2 Å². The predicted molar refractivity (Wildman–Crippen MR) is 81.5 cm³/mol. The van der Waals surface area contributed by atoms with Gasteiger partial charge in [-0.1, -0.05) is 45.9 Å². The summed E-state index contributed by atoms with van der Waals surface area (Å²) in [5, 5.41) is 9.93. The maximum Gasteiger partial charge on any atom is 0.0546 e. The second-order valence-electron chi connectivity index (χ2n) is 7.50. The van der Waals surface area contributed by atoms with Crippen molar-refractivity contribution in [1.29, 1.82) is 0 Å². The zero-order valence-corrected chi connectivity index (χ0v) is 13.0. The SMILES string of the molecule is CC(O)C1CCc2ccc(CC(C)(C)C)cc2C1C. The molecule has 0 spiro atoms. The minimum absolute atomic E-state index is 0.200. The summed E-state index contributed by atoms with van der Waals surface area (Å²) in [5.41, 5.74) is 4.72. The molecule has 0 aliphatic heterocycles. The third-order valence-corrected chi connectivity index (χ3v) is 4.44. The van der Waals surface area contributed by atoms with Crippen LogP contribution in [-0.4, -0.2) is 11.2 Å². The third kappa shape index (κ3) is 3.39. The Kier molecular flexibility index (Phi) is 4.06. The predicted octanol–water partition coefficient (Wildman–Crippen LogP) is 4.32. The largest absolute Gasteiger partial charge is 0.393 e. The fourth-order valence-corrected chi connectivity index (χ4v) is 3.48. The number of benzene rings is 1. The van der Waals surface area contributed by atoms with Crippen LogP contribution >= 0.6 is 0 Å². The molecule has 3 unspecified atom stereocenters. The number of rotatable bonds is 2. The minimum Gasteiger partial charge on any atom is -0.393 e. The lowest BCUT2D eigenvalue weighted by atomic mass is 9.73. The van der Waals surface area contributed by atoms with E-state index in [4.69, 9.17) is 0 Å². The molecular weight excluding hydrogens is 232 g/mol. The van der Waals surface area contributed by atoms with Crippen LogP contribution < -0.4 is 0 Å². The smallest absolute Gasteiger partial charge is 0.0546 e. The highest BCUT2D eigenvalue weighted by Crippen LogP contribution is 2.38. The molecule has 106 valence electrons. The molecule has 0 heterocycles. The molecule has 0 amide bonds. The summed E-state index contributed by atoms with van der Waals surface area (Å²) < 4.78 is 0. The zero-order chi connectivity index (χ0) is 14.2. The Balaban J connectivity index is 2.28. The van der Waals surface area contributed by atoms with Gasteiger partial charge in [-0.3, -0.25) is 0 Å². The van der Waals surface area contributed by atoms with Gasteiger partial charge in [0.25, 0.3) is 0 Å². The van der Waals surface area contributed by atoms with E-state index >= 15 is 0 Å². The van der Waals surface area contributed by atoms with Crippen molar-refractivity contribution in [3.8, 4) is 0 Å². The Hall–Kier alpha value is -0.820. The van der Waals surface area contributed by atoms with Gasteiger partial charge in [-0.2, -0.15) is 0 Å². The molecule has 1 N–H and O–H groups in total. The van der Waals surface area contributed by atoms with Crippen LogP contribution in [0.3, 0.4) is 0 Å². The van der Waals surface area contributed by atoms with Gasteiger partial charge in [-0.15, -0.1) is 0 Å². The summed E-state index contributed by atoms with van der Waals surface area (Å²) in [6.45, 7) is 11.1. The first-order chi connectivity index (χ1) is 8.78. The van der Waals surface area contributed by atoms with E-state index in [0.29, 0.717) is 17.3 Å². The van der Waals surface area contributed by atoms with E-state index in [9.17, 15) is 5.11 Å². The van der Waals surface area contributed by atoms with Crippen molar-refractivity contribution >= 4 is 0 Å². The van der Waals surface area contributed by atoms with E-state index in [1.165, 1.54) is 16.7 Å². The maximum absolute atomic E-state index is 9.93. The van der Waals surface area contributed by atoms with E-state index in [0.717, 1.165) is 19.3 Å². The highest BCUT2D eigenvalue weighted by molar-refractivity contribution is 5.37. The van der Waals surface area contributed by atoms with Crippen LogP contribution in [0, 0.1) is 11.3 Å².